The second kappa shape index (κ2) is 18.2. The van der Waals surface area contributed by atoms with E-state index in [0.29, 0.717) is 43.3 Å². The smallest absolute Gasteiger partial charge is 0.163 e. The Morgan fingerprint density at radius 1 is 0.750 bits per heavy atom. The van der Waals surface area contributed by atoms with Crippen LogP contribution in [-0.4, -0.2) is 67.8 Å². The first-order valence-corrected chi connectivity index (χ1v) is 17.5. The average Bonchev–Trinajstić information content (AvgIpc) is 3.03. The second-order valence-electron chi connectivity index (χ2n) is 11.7. The monoisotopic (exact) mass is 619 g/mol. The van der Waals surface area contributed by atoms with Crippen molar-refractivity contribution >= 4 is 23.1 Å². The van der Waals surface area contributed by atoms with E-state index in [2.05, 4.69) is 87.4 Å². The van der Waals surface area contributed by atoms with Crippen LogP contribution in [0.15, 0.2) is 34.1 Å². The third kappa shape index (κ3) is 8.42. The molecule has 2 atom stereocenters. The zero-order valence-electron chi connectivity index (χ0n) is 28.1. The molecule has 1 aliphatic rings. The highest BCUT2D eigenvalue weighted by atomic mass is 32.2. The predicted octanol–water partition coefficient (Wildman–Crippen LogP) is 8.61. The molecule has 0 aromatic heterocycles. The van der Waals surface area contributed by atoms with Gasteiger partial charge >= 0.3 is 0 Å². The highest BCUT2D eigenvalue weighted by Gasteiger charge is 2.34. The minimum absolute atomic E-state index is 0.262. The summed E-state index contributed by atoms with van der Waals surface area (Å²) in [5, 5.41) is 20.9. The van der Waals surface area contributed by atoms with E-state index in [1.807, 2.05) is 12.1 Å². The number of rotatable bonds is 19. The molecule has 2 aromatic rings. The first kappa shape index (κ1) is 35.6. The van der Waals surface area contributed by atoms with Crippen LogP contribution in [0.2, 0.25) is 0 Å². The first-order valence-electron chi connectivity index (χ1n) is 16.7. The van der Waals surface area contributed by atoms with Gasteiger partial charge < -0.3 is 24.2 Å². The van der Waals surface area contributed by atoms with E-state index in [1.165, 1.54) is 0 Å². The van der Waals surface area contributed by atoms with Gasteiger partial charge in [0, 0.05) is 23.5 Å². The molecular weight excluding hydrogens is 566 g/mol. The Morgan fingerprint density at radius 2 is 1.23 bits per heavy atom. The number of nitriles is 2. The van der Waals surface area contributed by atoms with Crippen molar-refractivity contribution in [1.29, 1.82) is 10.5 Å². The van der Waals surface area contributed by atoms with E-state index in [4.69, 9.17) is 9.47 Å². The lowest BCUT2D eigenvalue weighted by Gasteiger charge is -2.35. The van der Waals surface area contributed by atoms with Crippen molar-refractivity contribution in [2.24, 2.45) is 0 Å². The minimum atomic E-state index is 0.262. The van der Waals surface area contributed by atoms with Gasteiger partial charge in [0.2, 0.25) is 0 Å². The van der Waals surface area contributed by atoms with Crippen LogP contribution in [0.4, 0.5) is 11.4 Å². The lowest BCUT2D eigenvalue weighted by molar-refractivity contribution is 0.172. The van der Waals surface area contributed by atoms with Crippen molar-refractivity contribution in [3.05, 3.63) is 35.4 Å². The molecule has 0 aliphatic carbocycles. The van der Waals surface area contributed by atoms with Crippen LogP contribution >= 0.6 is 11.8 Å². The molecule has 0 saturated heterocycles. The lowest BCUT2D eigenvalue weighted by atomic mass is 10.0. The van der Waals surface area contributed by atoms with E-state index < -0.39 is 0 Å². The Bertz CT molecular complexity index is 1270. The highest BCUT2D eigenvalue weighted by Crippen LogP contribution is 2.57. The van der Waals surface area contributed by atoms with Crippen molar-refractivity contribution < 1.29 is 9.47 Å². The van der Waals surface area contributed by atoms with Crippen molar-refractivity contribution in [2.45, 2.75) is 109 Å². The molecule has 0 spiro atoms. The molecule has 8 heteroatoms. The Labute approximate surface area is 271 Å². The summed E-state index contributed by atoms with van der Waals surface area (Å²) >= 11 is 1.60. The van der Waals surface area contributed by atoms with Crippen LogP contribution in [0.25, 0.3) is 0 Å². The number of nitrogens with zero attached hydrogens (tertiary/aromatic N) is 5. The lowest BCUT2D eigenvalue weighted by Crippen LogP contribution is -2.35. The molecule has 7 nitrogen and oxygen atoms in total. The van der Waals surface area contributed by atoms with Crippen molar-refractivity contribution in [3.63, 3.8) is 0 Å². The van der Waals surface area contributed by atoms with E-state index in [9.17, 15) is 10.5 Å². The van der Waals surface area contributed by atoms with Gasteiger partial charge in [0.15, 0.2) is 11.5 Å². The van der Waals surface area contributed by atoms with Gasteiger partial charge in [-0.25, -0.2) is 0 Å². The van der Waals surface area contributed by atoms with Gasteiger partial charge in [-0.3, -0.25) is 0 Å². The van der Waals surface area contributed by atoms with Crippen LogP contribution in [0.5, 0.6) is 11.5 Å². The SMILES string of the molecule is CCCN(CCC)C(C)CCOc1c(C#N)c(C#N)c(OCCC(C)N(CCC)CCC)c2c1Sc1ccccc1N2CC. The summed E-state index contributed by atoms with van der Waals surface area (Å²) in [7, 11) is 0. The standard InChI is InChI=1S/C36H53N5O2S/c1-8-19-39(20-9-2)27(6)17-23-42-34-29(25-37)30(26-38)35(43-24-18-28(7)40(21-10-3)22-11-4)36-33(34)41(12-5)31-15-13-14-16-32(31)44-36/h13-16,27-28H,8-12,17-24H2,1-7H3. The summed E-state index contributed by atoms with van der Waals surface area (Å²) in [6, 6.07) is 13.7. The van der Waals surface area contributed by atoms with Gasteiger partial charge in [0.05, 0.1) is 23.8 Å². The van der Waals surface area contributed by atoms with Crippen molar-refractivity contribution in [2.75, 3.05) is 50.8 Å². The summed E-state index contributed by atoms with van der Waals surface area (Å²) in [5.74, 6) is 0.991. The maximum absolute atomic E-state index is 10.5. The Morgan fingerprint density at radius 3 is 1.70 bits per heavy atom. The summed E-state index contributed by atoms with van der Waals surface area (Å²) in [4.78, 5) is 9.18. The van der Waals surface area contributed by atoms with Crippen LogP contribution in [0.1, 0.15) is 98.1 Å². The van der Waals surface area contributed by atoms with Gasteiger partial charge in [-0.15, -0.1) is 0 Å². The Kier molecular flexibility index (Phi) is 14.7. The largest absolute Gasteiger partial charge is 0.491 e. The molecule has 0 amide bonds. The van der Waals surface area contributed by atoms with Gasteiger partial charge in [0.25, 0.3) is 0 Å². The van der Waals surface area contributed by atoms with E-state index in [1.54, 1.807) is 11.8 Å². The zero-order valence-corrected chi connectivity index (χ0v) is 28.9. The number of benzene rings is 2. The van der Waals surface area contributed by atoms with Crippen molar-refractivity contribution in [3.8, 4) is 23.6 Å². The Balaban J connectivity index is 2.02. The molecule has 44 heavy (non-hydrogen) atoms. The molecule has 0 fully saturated rings. The van der Waals surface area contributed by atoms with E-state index >= 15 is 0 Å². The molecule has 0 bridgehead atoms. The molecule has 1 heterocycles. The van der Waals surface area contributed by atoms with Crippen molar-refractivity contribution in [1.82, 2.24) is 9.80 Å². The minimum Gasteiger partial charge on any atom is -0.491 e. The molecule has 0 radical (unpaired) electrons. The fraction of sp³-hybridized carbons (Fsp3) is 0.611. The number of para-hydroxylation sites is 1. The molecule has 2 aromatic carbocycles. The second-order valence-corrected chi connectivity index (χ2v) is 12.7. The number of anilines is 2. The molecule has 2 unspecified atom stereocenters. The van der Waals surface area contributed by atoms with E-state index in [-0.39, 0.29) is 11.1 Å². The Hall–Kier alpha value is -2.91. The van der Waals surface area contributed by atoms with Gasteiger partial charge in [-0.1, -0.05) is 51.6 Å². The van der Waals surface area contributed by atoms with Crippen LogP contribution in [-0.2, 0) is 0 Å². The predicted molar refractivity (Wildman–Crippen MR) is 183 cm³/mol. The number of fused-ring (bicyclic) bond motifs is 2. The maximum Gasteiger partial charge on any atom is 0.163 e. The fourth-order valence-electron chi connectivity index (χ4n) is 6.11. The quantitative estimate of drug-likeness (QED) is 0.155. The topological polar surface area (TPSA) is 75.8 Å². The third-order valence-electron chi connectivity index (χ3n) is 8.37. The van der Waals surface area contributed by atoms with Crippen LogP contribution in [0.3, 0.4) is 0 Å². The highest BCUT2D eigenvalue weighted by molar-refractivity contribution is 7.99. The third-order valence-corrected chi connectivity index (χ3v) is 9.52. The van der Waals surface area contributed by atoms with Gasteiger partial charge in [-0.2, -0.15) is 10.5 Å². The average molecular weight is 620 g/mol. The van der Waals surface area contributed by atoms with Crippen LogP contribution < -0.4 is 14.4 Å². The molecule has 3 rings (SSSR count). The fourth-order valence-corrected chi connectivity index (χ4v) is 7.31. The molecule has 1 aliphatic heterocycles. The molecule has 240 valence electrons. The van der Waals surface area contributed by atoms with Gasteiger partial charge in [0.1, 0.15) is 29.0 Å². The van der Waals surface area contributed by atoms with E-state index in [0.717, 1.165) is 85.9 Å². The first-order chi connectivity index (χ1) is 21.4. The molecule has 0 saturated carbocycles. The summed E-state index contributed by atoms with van der Waals surface area (Å²) in [6.45, 7) is 21.3. The molecule has 0 N–H and O–H groups in total. The normalized spacial score (nSPS) is 13.7. The van der Waals surface area contributed by atoms with Crippen LogP contribution in [0, 0.1) is 22.7 Å². The zero-order chi connectivity index (χ0) is 32.1. The molecular formula is C36H53N5O2S. The van der Waals surface area contributed by atoms with Gasteiger partial charge in [-0.05, 0) is 97.6 Å². The number of hydrogen-bond acceptors (Lipinski definition) is 8. The number of ether oxygens (including phenoxy) is 2. The summed E-state index contributed by atoms with van der Waals surface area (Å²) in [6.07, 6.45) is 6.12. The maximum atomic E-state index is 10.5. The summed E-state index contributed by atoms with van der Waals surface area (Å²) < 4.78 is 13.1. The number of hydrogen-bond donors (Lipinski definition) is 0. The summed E-state index contributed by atoms with van der Waals surface area (Å²) in [5.41, 5.74) is 2.44.